The largest absolute Gasteiger partial charge is 0.497 e. The highest BCUT2D eigenvalue weighted by Crippen LogP contribution is 2.23. The number of nitrogens with one attached hydrogen (secondary N) is 1. The minimum absolute atomic E-state index is 0.0503. The minimum Gasteiger partial charge on any atom is -0.497 e. The van der Waals surface area contributed by atoms with Gasteiger partial charge in [0, 0.05) is 23.5 Å². The van der Waals surface area contributed by atoms with Gasteiger partial charge in [0.05, 0.1) is 19.1 Å². The van der Waals surface area contributed by atoms with Crippen molar-refractivity contribution < 1.29 is 22.7 Å². The Hall–Kier alpha value is -3.56. The molecule has 8 nitrogen and oxygen atoms in total. The first-order valence-electron chi connectivity index (χ1n) is 12.8. The van der Waals surface area contributed by atoms with Crippen molar-refractivity contribution in [2.75, 3.05) is 24.2 Å². The summed E-state index contributed by atoms with van der Waals surface area (Å²) >= 11 is 6.24. The Kier molecular flexibility index (Phi) is 10.2. The van der Waals surface area contributed by atoms with Gasteiger partial charge in [0.1, 0.15) is 18.3 Å². The van der Waals surface area contributed by atoms with E-state index in [0.29, 0.717) is 22.0 Å². The van der Waals surface area contributed by atoms with Gasteiger partial charge in [-0.1, -0.05) is 54.1 Å². The molecule has 2 amide bonds. The number of halogens is 1. The predicted molar refractivity (Wildman–Crippen MR) is 159 cm³/mol. The smallest absolute Gasteiger partial charge is 0.244 e. The van der Waals surface area contributed by atoms with Gasteiger partial charge in [-0.25, -0.2) is 8.42 Å². The average Bonchev–Trinajstić information content (AvgIpc) is 2.88. The number of methoxy groups -OCH3 is 1. The van der Waals surface area contributed by atoms with Crippen LogP contribution in [-0.2, 0) is 32.6 Å². The summed E-state index contributed by atoms with van der Waals surface area (Å²) in [5.41, 5.74) is 1.31. The Morgan fingerprint density at radius 3 is 2.12 bits per heavy atom. The van der Waals surface area contributed by atoms with Crippen LogP contribution >= 0.6 is 11.6 Å². The molecule has 0 radical (unpaired) electrons. The highest BCUT2D eigenvalue weighted by molar-refractivity contribution is 7.92. The molecule has 1 atom stereocenters. The van der Waals surface area contributed by atoms with E-state index in [9.17, 15) is 18.0 Å². The van der Waals surface area contributed by atoms with E-state index in [2.05, 4.69) is 5.32 Å². The lowest BCUT2D eigenvalue weighted by atomic mass is 10.0. The van der Waals surface area contributed by atoms with E-state index in [1.54, 1.807) is 42.5 Å². The number of sulfonamides is 1. The van der Waals surface area contributed by atoms with Gasteiger partial charge >= 0.3 is 0 Å². The van der Waals surface area contributed by atoms with Gasteiger partial charge in [-0.3, -0.25) is 13.9 Å². The molecule has 3 rings (SSSR count). The summed E-state index contributed by atoms with van der Waals surface area (Å²) in [6.07, 6.45) is 1.27. The Morgan fingerprint density at radius 1 is 0.950 bits per heavy atom. The number of rotatable bonds is 11. The number of amides is 2. The van der Waals surface area contributed by atoms with E-state index >= 15 is 0 Å². The van der Waals surface area contributed by atoms with E-state index in [1.807, 2.05) is 57.2 Å². The van der Waals surface area contributed by atoms with E-state index in [1.165, 1.54) is 12.0 Å². The molecular weight excluding hydrogens is 550 g/mol. The number of hydrogen-bond donors (Lipinski definition) is 1. The molecule has 0 aliphatic carbocycles. The van der Waals surface area contributed by atoms with Crippen LogP contribution in [0.2, 0.25) is 5.02 Å². The Bertz CT molecular complexity index is 1410. The van der Waals surface area contributed by atoms with Crippen LogP contribution in [0.5, 0.6) is 5.75 Å². The number of ether oxygens (including phenoxy) is 1. The van der Waals surface area contributed by atoms with Gasteiger partial charge in [0.25, 0.3) is 0 Å². The molecular formula is C30H36ClN3O5S. The van der Waals surface area contributed by atoms with Gasteiger partial charge in [0.2, 0.25) is 21.8 Å². The third-order valence-corrected chi connectivity index (χ3v) is 7.43. The monoisotopic (exact) mass is 585 g/mol. The van der Waals surface area contributed by atoms with E-state index < -0.39 is 34.1 Å². The fourth-order valence-corrected chi connectivity index (χ4v) is 5.26. The highest BCUT2D eigenvalue weighted by atomic mass is 35.5. The maximum absolute atomic E-state index is 14.1. The fourth-order valence-electron chi connectivity index (χ4n) is 4.20. The molecule has 1 N–H and O–H groups in total. The molecule has 0 bridgehead atoms. The molecule has 3 aromatic carbocycles. The first-order valence-corrected chi connectivity index (χ1v) is 15.0. The second kappa shape index (κ2) is 13.2. The molecule has 0 unspecified atom stereocenters. The molecule has 0 spiro atoms. The van der Waals surface area contributed by atoms with Crippen LogP contribution in [0, 0.1) is 0 Å². The summed E-state index contributed by atoms with van der Waals surface area (Å²) in [4.78, 5) is 29.2. The number of anilines is 1. The zero-order valence-corrected chi connectivity index (χ0v) is 25.0. The van der Waals surface area contributed by atoms with Gasteiger partial charge in [-0.15, -0.1) is 0 Å². The van der Waals surface area contributed by atoms with Crippen molar-refractivity contribution in [3.63, 3.8) is 0 Å². The van der Waals surface area contributed by atoms with E-state index in [0.717, 1.165) is 16.1 Å². The molecule has 214 valence electrons. The molecule has 0 saturated heterocycles. The standard InChI is InChI=1S/C30H36ClN3O5S/c1-30(2,3)32-29(36)27(19-22-10-7-6-8-11-22)33(20-23-12-9-13-24(31)18-23)28(35)21-34(40(5,37)38)25-14-16-26(39-4)17-15-25/h6-18,27H,19-21H2,1-5H3,(H,32,36)/t27-/m0/s1. The number of hydrogen-bond acceptors (Lipinski definition) is 5. The zero-order valence-electron chi connectivity index (χ0n) is 23.4. The van der Waals surface area contributed by atoms with Gasteiger partial charge < -0.3 is 15.0 Å². The van der Waals surface area contributed by atoms with Crippen molar-refractivity contribution in [2.24, 2.45) is 0 Å². The van der Waals surface area contributed by atoms with Gasteiger partial charge in [-0.05, 0) is 68.3 Å². The first-order chi connectivity index (χ1) is 18.8. The van der Waals surface area contributed by atoms with Gasteiger partial charge in [0.15, 0.2) is 0 Å². The topological polar surface area (TPSA) is 96.0 Å². The molecule has 10 heteroatoms. The third-order valence-electron chi connectivity index (χ3n) is 6.05. The first kappa shape index (κ1) is 31.0. The van der Waals surface area contributed by atoms with Crippen LogP contribution in [0.1, 0.15) is 31.9 Å². The van der Waals surface area contributed by atoms with Crippen LogP contribution in [0.25, 0.3) is 0 Å². The Morgan fingerprint density at radius 2 is 1.57 bits per heavy atom. The molecule has 3 aromatic rings. The normalized spacial score (nSPS) is 12.3. The molecule has 0 aromatic heterocycles. The van der Waals surface area contributed by atoms with Crippen molar-refractivity contribution in [2.45, 2.75) is 45.3 Å². The van der Waals surface area contributed by atoms with Crippen LogP contribution in [0.15, 0.2) is 78.9 Å². The van der Waals surface area contributed by atoms with Crippen molar-refractivity contribution in [3.8, 4) is 5.75 Å². The van der Waals surface area contributed by atoms with Crippen molar-refractivity contribution in [1.82, 2.24) is 10.2 Å². The maximum Gasteiger partial charge on any atom is 0.244 e. The van der Waals surface area contributed by atoms with Gasteiger partial charge in [-0.2, -0.15) is 0 Å². The van der Waals surface area contributed by atoms with E-state index in [4.69, 9.17) is 16.3 Å². The quantitative estimate of drug-likeness (QED) is 0.353. The van der Waals surface area contributed by atoms with Crippen LogP contribution in [0.4, 0.5) is 5.69 Å². The second-order valence-corrected chi connectivity index (χ2v) is 12.9. The third kappa shape index (κ3) is 8.99. The zero-order chi connectivity index (χ0) is 29.5. The summed E-state index contributed by atoms with van der Waals surface area (Å²) in [6, 6.07) is 21.9. The molecule has 0 saturated carbocycles. The number of carbonyl (C=O) groups is 2. The van der Waals surface area contributed by atoms with Crippen LogP contribution < -0.4 is 14.4 Å². The summed E-state index contributed by atoms with van der Waals surface area (Å²) in [6.45, 7) is 5.14. The second-order valence-electron chi connectivity index (χ2n) is 10.6. The minimum atomic E-state index is -3.86. The average molecular weight is 586 g/mol. The molecule has 0 aliphatic rings. The molecule has 0 aliphatic heterocycles. The van der Waals surface area contributed by atoms with E-state index in [-0.39, 0.29) is 18.9 Å². The summed E-state index contributed by atoms with van der Waals surface area (Å²) < 4.78 is 31.9. The molecule has 0 fully saturated rings. The Balaban J connectivity index is 2.06. The summed E-state index contributed by atoms with van der Waals surface area (Å²) in [5.74, 6) is -0.332. The molecule has 40 heavy (non-hydrogen) atoms. The van der Waals surface area contributed by atoms with Crippen molar-refractivity contribution >= 4 is 39.1 Å². The highest BCUT2D eigenvalue weighted by Gasteiger charge is 2.34. The SMILES string of the molecule is COc1ccc(N(CC(=O)N(Cc2cccc(Cl)c2)[C@@H](Cc2ccccc2)C(=O)NC(C)(C)C)S(C)(=O)=O)cc1. The van der Waals surface area contributed by atoms with Crippen molar-refractivity contribution in [3.05, 3.63) is 95.0 Å². The predicted octanol–water partition coefficient (Wildman–Crippen LogP) is 4.67. The number of nitrogens with zero attached hydrogens (tertiary/aromatic N) is 2. The lowest BCUT2D eigenvalue weighted by Crippen LogP contribution is -2.56. The Labute approximate surface area is 241 Å². The summed E-state index contributed by atoms with van der Waals surface area (Å²) in [5, 5.41) is 3.48. The number of carbonyl (C=O) groups excluding carboxylic acids is 2. The maximum atomic E-state index is 14.1. The fraction of sp³-hybridized carbons (Fsp3) is 0.333. The lowest BCUT2D eigenvalue weighted by molar-refractivity contribution is -0.140. The lowest BCUT2D eigenvalue weighted by Gasteiger charge is -2.35. The van der Waals surface area contributed by atoms with Crippen LogP contribution in [-0.4, -0.2) is 56.6 Å². The van der Waals surface area contributed by atoms with Crippen LogP contribution in [0.3, 0.4) is 0 Å². The number of benzene rings is 3. The summed E-state index contributed by atoms with van der Waals surface area (Å²) in [7, 11) is -2.35. The molecule has 0 heterocycles. The van der Waals surface area contributed by atoms with Crippen molar-refractivity contribution in [1.29, 1.82) is 0 Å².